The molecule has 2 aromatic heterocycles. The lowest BCUT2D eigenvalue weighted by Crippen LogP contribution is -2.10. The van der Waals surface area contributed by atoms with E-state index in [9.17, 15) is 13.2 Å². The Morgan fingerprint density at radius 3 is 2.41 bits per heavy atom. The molecular weight excluding hydrogens is 381 g/mol. The first-order valence-corrected chi connectivity index (χ1v) is 8.10. The van der Waals surface area contributed by atoms with E-state index in [1.54, 1.807) is 36.6 Å². The van der Waals surface area contributed by atoms with Gasteiger partial charge in [-0.25, -0.2) is 4.98 Å². The summed E-state index contributed by atoms with van der Waals surface area (Å²) >= 11 is 4.21. The van der Waals surface area contributed by atoms with Gasteiger partial charge in [0, 0.05) is 5.56 Å². The van der Waals surface area contributed by atoms with Crippen LogP contribution < -0.4 is 0 Å². The highest BCUT2D eigenvalue weighted by atomic mass is 79.9. The molecule has 0 saturated heterocycles. The minimum absolute atomic E-state index is 0.0145. The molecule has 8 heteroatoms. The average molecular weight is 389 g/mol. The Labute approximate surface area is 136 Å². The van der Waals surface area contributed by atoms with Gasteiger partial charge in [0.15, 0.2) is 15.5 Å². The SMILES string of the molecule is CSc1nc(C(F)(F)F)c2c(-c3ccccc3)c(Br)oc2n1. The van der Waals surface area contributed by atoms with Crippen molar-refractivity contribution >= 4 is 38.8 Å². The summed E-state index contributed by atoms with van der Waals surface area (Å²) < 4.78 is 45.7. The van der Waals surface area contributed by atoms with Gasteiger partial charge in [-0.2, -0.15) is 18.2 Å². The Hall–Kier alpha value is -1.54. The summed E-state index contributed by atoms with van der Waals surface area (Å²) in [5, 5.41) is -0.121. The smallest absolute Gasteiger partial charge is 0.430 e. The Morgan fingerprint density at radius 1 is 1.14 bits per heavy atom. The van der Waals surface area contributed by atoms with E-state index >= 15 is 0 Å². The van der Waals surface area contributed by atoms with Crippen molar-refractivity contribution in [2.45, 2.75) is 11.3 Å². The summed E-state index contributed by atoms with van der Waals surface area (Å²) in [4.78, 5) is 7.67. The van der Waals surface area contributed by atoms with Crippen molar-refractivity contribution in [1.82, 2.24) is 9.97 Å². The third kappa shape index (κ3) is 2.61. The number of nitrogens with zero attached hydrogens (tertiary/aromatic N) is 2. The van der Waals surface area contributed by atoms with Gasteiger partial charge in [-0.05, 0) is 27.7 Å². The number of benzene rings is 1. The number of furan rings is 1. The van der Waals surface area contributed by atoms with Crippen LogP contribution in [0.2, 0.25) is 0 Å². The van der Waals surface area contributed by atoms with Crippen LogP contribution in [0.3, 0.4) is 0 Å². The van der Waals surface area contributed by atoms with E-state index in [1.807, 2.05) is 0 Å². The van der Waals surface area contributed by atoms with Crippen LogP contribution in [0, 0.1) is 0 Å². The van der Waals surface area contributed by atoms with Crippen LogP contribution in [0.1, 0.15) is 5.69 Å². The maximum absolute atomic E-state index is 13.4. The summed E-state index contributed by atoms with van der Waals surface area (Å²) in [5.74, 6) is 0. The minimum atomic E-state index is -4.60. The van der Waals surface area contributed by atoms with E-state index in [4.69, 9.17) is 4.42 Å². The summed E-state index contributed by atoms with van der Waals surface area (Å²) in [6, 6.07) is 8.68. The molecule has 0 amide bonds. The normalized spacial score (nSPS) is 12.0. The Bertz CT molecular complexity index is 833. The molecule has 0 fully saturated rings. The van der Waals surface area contributed by atoms with E-state index in [2.05, 4.69) is 25.9 Å². The number of alkyl halides is 3. The van der Waals surface area contributed by atoms with Crippen molar-refractivity contribution in [3.05, 3.63) is 40.7 Å². The number of fused-ring (bicyclic) bond motifs is 1. The minimum Gasteiger partial charge on any atom is -0.430 e. The fourth-order valence-corrected chi connectivity index (χ4v) is 3.05. The second-order valence-corrected chi connectivity index (χ2v) is 5.85. The van der Waals surface area contributed by atoms with Gasteiger partial charge >= 0.3 is 6.18 Å². The van der Waals surface area contributed by atoms with Crippen molar-refractivity contribution in [2.24, 2.45) is 0 Å². The fraction of sp³-hybridized carbons (Fsp3) is 0.143. The van der Waals surface area contributed by atoms with Gasteiger partial charge in [-0.15, -0.1) is 0 Å². The predicted molar refractivity (Wildman–Crippen MR) is 81.7 cm³/mol. The first kappa shape index (κ1) is 15.4. The second kappa shape index (κ2) is 5.58. The molecule has 1 aromatic carbocycles. The Kier molecular flexibility index (Phi) is 3.90. The highest BCUT2D eigenvalue weighted by molar-refractivity contribution is 9.10. The lowest BCUT2D eigenvalue weighted by molar-refractivity contribution is -0.140. The third-order valence-electron chi connectivity index (χ3n) is 3.00. The number of aromatic nitrogens is 2. The lowest BCUT2D eigenvalue weighted by Gasteiger charge is -2.09. The lowest BCUT2D eigenvalue weighted by atomic mass is 10.0. The largest absolute Gasteiger partial charge is 0.434 e. The molecule has 3 aromatic rings. The van der Waals surface area contributed by atoms with E-state index < -0.39 is 11.9 Å². The molecule has 3 nitrogen and oxygen atoms in total. The molecule has 0 aliphatic heterocycles. The molecule has 0 spiro atoms. The monoisotopic (exact) mass is 388 g/mol. The van der Waals surface area contributed by atoms with Crippen molar-refractivity contribution in [1.29, 1.82) is 0 Å². The van der Waals surface area contributed by atoms with Gasteiger partial charge in [0.1, 0.15) is 0 Å². The molecular formula is C14H8BrF3N2OS. The topological polar surface area (TPSA) is 38.9 Å². The van der Waals surface area contributed by atoms with Gasteiger partial charge in [0.25, 0.3) is 0 Å². The maximum Gasteiger partial charge on any atom is 0.434 e. The molecule has 0 saturated carbocycles. The zero-order chi connectivity index (χ0) is 15.9. The number of hydrogen-bond acceptors (Lipinski definition) is 4. The average Bonchev–Trinajstić information content (AvgIpc) is 2.81. The molecule has 22 heavy (non-hydrogen) atoms. The van der Waals surface area contributed by atoms with Gasteiger partial charge in [0.2, 0.25) is 5.71 Å². The predicted octanol–water partition coefficient (Wildman–Crippen LogP) is 5.39. The van der Waals surface area contributed by atoms with Crippen molar-refractivity contribution in [3.8, 4) is 11.1 Å². The highest BCUT2D eigenvalue weighted by Gasteiger charge is 2.38. The third-order valence-corrected chi connectivity index (χ3v) is 4.11. The van der Waals surface area contributed by atoms with Gasteiger partial charge in [-0.3, -0.25) is 0 Å². The van der Waals surface area contributed by atoms with Crippen molar-refractivity contribution in [2.75, 3.05) is 6.26 Å². The summed E-state index contributed by atoms with van der Waals surface area (Å²) in [6.45, 7) is 0. The van der Waals surface area contributed by atoms with Crippen molar-refractivity contribution in [3.63, 3.8) is 0 Å². The molecule has 114 valence electrons. The number of hydrogen-bond donors (Lipinski definition) is 0. The number of rotatable bonds is 2. The molecule has 0 atom stereocenters. The van der Waals surface area contributed by atoms with Crippen LogP contribution in [-0.2, 0) is 6.18 Å². The van der Waals surface area contributed by atoms with Crippen LogP contribution in [0.5, 0.6) is 0 Å². The van der Waals surface area contributed by atoms with E-state index in [1.165, 1.54) is 0 Å². The first-order valence-electron chi connectivity index (χ1n) is 6.08. The van der Waals surface area contributed by atoms with E-state index in [-0.39, 0.29) is 20.9 Å². The molecule has 2 heterocycles. The molecule has 0 radical (unpaired) electrons. The molecule has 0 N–H and O–H groups in total. The molecule has 3 rings (SSSR count). The van der Waals surface area contributed by atoms with Crippen LogP contribution in [0.15, 0.2) is 44.6 Å². The Balaban J connectivity index is 2.42. The van der Waals surface area contributed by atoms with Crippen LogP contribution in [0.25, 0.3) is 22.2 Å². The van der Waals surface area contributed by atoms with Crippen LogP contribution in [-0.4, -0.2) is 16.2 Å². The first-order chi connectivity index (χ1) is 10.4. The highest BCUT2D eigenvalue weighted by Crippen LogP contribution is 2.43. The molecule has 0 aliphatic rings. The zero-order valence-electron chi connectivity index (χ0n) is 11.1. The second-order valence-electron chi connectivity index (χ2n) is 4.35. The fourth-order valence-electron chi connectivity index (χ4n) is 2.11. The summed E-state index contributed by atoms with van der Waals surface area (Å²) in [7, 11) is 0. The standard InChI is InChI=1S/C14H8BrF3N2OS/c1-22-13-19-10(14(16,17)18)9-8(7-5-3-2-4-6-7)11(15)21-12(9)20-13/h2-6H,1H3. The molecule has 0 bridgehead atoms. The van der Waals surface area contributed by atoms with Crippen molar-refractivity contribution < 1.29 is 17.6 Å². The molecule has 0 unspecified atom stereocenters. The van der Waals surface area contributed by atoms with Gasteiger partial charge in [0.05, 0.1) is 5.39 Å². The van der Waals surface area contributed by atoms with Gasteiger partial charge in [-0.1, -0.05) is 42.1 Å². The van der Waals surface area contributed by atoms with Crippen LogP contribution >= 0.6 is 27.7 Å². The Morgan fingerprint density at radius 2 is 1.82 bits per heavy atom. The van der Waals surface area contributed by atoms with E-state index in [0.29, 0.717) is 11.1 Å². The zero-order valence-corrected chi connectivity index (χ0v) is 13.5. The number of halogens is 4. The summed E-state index contributed by atoms with van der Waals surface area (Å²) in [5.41, 5.74) is -0.178. The van der Waals surface area contributed by atoms with Crippen LogP contribution in [0.4, 0.5) is 13.2 Å². The van der Waals surface area contributed by atoms with Gasteiger partial charge < -0.3 is 4.42 Å². The van der Waals surface area contributed by atoms with E-state index in [0.717, 1.165) is 11.8 Å². The summed E-state index contributed by atoms with van der Waals surface area (Å²) in [6.07, 6.45) is -2.99. The number of thioether (sulfide) groups is 1. The molecule has 0 aliphatic carbocycles. The maximum atomic E-state index is 13.4. The quantitative estimate of drug-likeness (QED) is 0.435.